The van der Waals surface area contributed by atoms with Crippen molar-refractivity contribution in [1.82, 2.24) is 4.90 Å². The van der Waals surface area contributed by atoms with E-state index in [2.05, 4.69) is 11.6 Å². The van der Waals surface area contributed by atoms with Crippen molar-refractivity contribution in [2.45, 2.75) is 17.8 Å². The van der Waals surface area contributed by atoms with Gasteiger partial charge < -0.3 is 5.11 Å². The summed E-state index contributed by atoms with van der Waals surface area (Å²) in [6.07, 6.45) is -2.79. The molecule has 5 nitrogen and oxygen atoms in total. The van der Waals surface area contributed by atoms with Crippen molar-refractivity contribution < 1.29 is 27.9 Å². The standard InChI is InChI=1S/C21H17F3N2O3S/c1-2-10-26-18(27)17(12-13-4-3-5-15(11-13)21(22,23)24)30-20(26)25-16-8-6-14(7-9-16)19(28)29/h2-9,11,17H,1,10,12H2,(H,28,29). The first-order valence-corrected chi connectivity index (χ1v) is 9.74. The summed E-state index contributed by atoms with van der Waals surface area (Å²) in [7, 11) is 0. The molecular weight excluding hydrogens is 417 g/mol. The van der Waals surface area contributed by atoms with E-state index in [0.717, 1.165) is 23.9 Å². The molecule has 0 spiro atoms. The summed E-state index contributed by atoms with van der Waals surface area (Å²) in [4.78, 5) is 29.6. The molecule has 1 aliphatic heterocycles. The number of benzene rings is 2. The molecule has 0 saturated carbocycles. The fourth-order valence-corrected chi connectivity index (χ4v) is 4.11. The maximum atomic E-state index is 13.0. The Balaban J connectivity index is 1.84. The van der Waals surface area contributed by atoms with Crippen molar-refractivity contribution in [3.8, 4) is 0 Å². The van der Waals surface area contributed by atoms with Crippen LogP contribution in [0, 0.1) is 0 Å². The van der Waals surface area contributed by atoms with Crippen molar-refractivity contribution in [2.24, 2.45) is 4.99 Å². The van der Waals surface area contributed by atoms with Gasteiger partial charge in [0.1, 0.15) is 0 Å². The summed E-state index contributed by atoms with van der Waals surface area (Å²) in [5.41, 5.74) is 0.218. The Hall–Kier alpha value is -3.07. The molecule has 0 aliphatic carbocycles. The summed E-state index contributed by atoms with van der Waals surface area (Å²) in [5.74, 6) is -1.33. The van der Waals surface area contributed by atoms with Crippen LogP contribution in [0.3, 0.4) is 0 Å². The SMILES string of the molecule is C=CCN1C(=O)C(Cc2cccc(C(F)(F)F)c2)SC1=Nc1ccc(C(=O)O)cc1. The number of rotatable bonds is 6. The first kappa shape index (κ1) is 21.6. The molecule has 1 heterocycles. The van der Waals surface area contributed by atoms with Crippen molar-refractivity contribution in [2.75, 3.05) is 6.54 Å². The summed E-state index contributed by atoms with van der Waals surface area (Å²) in [5, 5.41) is 8.75. The average Bonchev–Trinajstić information content (AvgIpc) is 2.97. The molecule has 0 radical (unpaired) electrons. The van der Waals surface area contributed by atoms with Gasteiger partial charge in [0.2, 0.25) is 5.91 Å². The van der Waals surface area contributed by atoms with E-state index in [1.807, 2.05) is 0 Å². The molecule has 1 aliphatic rings. The third-order valence-electron chi connectivity index (χ3n) is 4.35. The molecule has 3 rings (SSSR count). The van der Waals surface area contributed by atoms with Gasteiger partial charge in [0.05, 0.1) is 22.1 Å². The molecule has 1 unspecified atom stereocenters. The van der Waals surface area contributed by atoms with Crippen LogP contribution in [0.4, 0.5) is 18.9 Å². The molecule has 30 heavy (non-hydrogen) atoms. The van der Waals surface area contributed by atoms with Gasteiger partial charge in [0.15, 0.2) is 5.17 Å². The lowest BCUT2D eigenvalue weighted by molar-refractivity contribution is -0.137. The number of amides is 1. The van der Waals surface area contributed by atoms with Crippen LogP contribution in [0.5, 0.6) is 0 Å². The highest BCUT2D eigenvalue weighted by Gasteiger charge is 2.38. The van der Waals surface area contributed by atoms with E-state index in [4.69, 9.17) is 5.11 Å². The van der Waals surface area contributed by atoms with Gasteiger partial charge in [-0.25, -0.2) is 9.79 Å². The zero-order chi connectivity index (χ0) is 21.9. The van der Waals surface area contributed by atoms with Crippen LogP contribution in [0.15, 0.2) is 66.2 Å². The van der Waals surface area contributed by atoms with E-state index < -0.39 is 23.0 Å². The molecule has 1 saturated heterocycles. The van der Waals surface area contributed by atoms with Crippen LogP contribution in [0.2, 0.25) is 0 Å². The van der Waals surface area contributed by atoms with Gasteiger partial charge in [-0.1, -0.05) is 36.0 Å². The Morgan fingerprint density at radius 3 is 2.53 bits per heavy atom. The molecule has 1 fully saturated rings. The van der Waals surface area contributed by atoms with Gasteiger partial charge in [0, 0.05) is 6.54 Å². The number of aliphatic imine (C=N–C) groups is 1. The van der Waals surface area contributed by atoms with Crippen molar-refractivity contribution in [3.63, 3.8) is 0 Å². The lowest BCUT2D eigenvalue weighted by atomic mass is 10.1. The second-order valence-electron chi connectivity index (χ2n) is 6.49. The Kier molecular flexibility index (Phi) is 6.31. The van der Waals surface area contributed by atoms with E-state index in [1.165, 1.54) is 41.3 Å². The summed E-state index contributed by atoms with van der Waals surface area (Å²) in [6.45, 7) is 3.84. The average molecular weight is 434 g/mol. The number of aromatic carboxylic acids is 1. The molecular formula is C21H17F3N2O3S. The Morgan fingerprint density at radius 2 is 1.93 bits per heavy atom. The fourth-order valence-electron chi connectivity index (χ4n) is 2.90. The highest BCUT2D eigenvalue weighted by molar-refractivity contribution is 8.15. The highest BCUT2D eigenvalue weighted by atomic mass is 32.2. The molecule has 1 atom stereocenters. The topological polar surface area (TPSA) is 70.0 Å². The third kappa shape index (κ3) is 4.91. The molecule has 1 amide bonds. The molecule has 2 aromatic rings. The Bertz CT molecular complexity index is 1000. The number of hydrogen-bond donors (Lipinski definition) is 1. The van der Waals surface area contributed by atoms with Crippen molar-refractivity contribution >= 4 is 34.5 Å². The number of hydrogen-bond acceptors (Lipinski definition) is 4. The number of thioether (sulfide) groups is 1. The van der Waals surface area contributed by atoms with Gasteiger partial charge in [-0.2, -0.15) is 13.2 Å². The first-order valence-electron chi connectivity index (χ1n) is 8.86. The van der Waals surface area contributed by atoms with E-state index in [0.29, 0.717) is 16.4 Å². The maximum Gasteiger partial charge on any atom is 0.416 e. The first-order chi connectivity index (χ1) is 14.2. The summed E-state index contributed by atoms with van der Waals surface area (Å²) < 4.78 is 38.9. The highest BCUT2D eigenvalue weighted by Crippen LogP contribution is 2.34. The number of carboxylic acid groups (broad SMARTS) is 1. The monoisotopic (exact) mass is 434 g/mol. The van der Waals surface area contributed by atoms with E-state index in [9.17, 15) is 22.8 Å². The van der Waals surface area contributed by atoms with Crippen LogP contribution in [-0.4, -0.2) is 38.8 Å². The smallest absolute Gasteiger partial charge is 0.416 e. The van der Waals surface area contributed by atoms with Crippen LogP contribution >= 0.6 is 11.8 Å². The Labute approximate surface area is 174 Å². The maximum absolute atomic E-state index is 13.0. The minimum absolute atomic E-state index is 0.111. The van der Waals surface area contributed by atoms with Crippen molar-refractivity contribution in [3.05, 3.63) is 77.9 Å². The van der Waals surface area contributed by atoms with Crippen LogP contribution in [-0.2, 0) is 17.4 Å². The lowest BCUT2D eigenvalue weighted by Gasteiger charge is -2.14. The number of carboxylic acids is 1. The van der Waals surface area contributed by atoms with E-state index in [1.54, 1.807) is 6.07 Å². The minimum atomic E-state index is -4.45. The van der Waals surface area contributed by atoms with E-state index in [-0.39, 0.29) is 24.4 Å². The molecule has 2 aromatic carbocycles. The van der Waals surface area contributed by atoms with Crippen LogP contribution in [0.1, 0.15) is 21.5 Å². The van der Waals surface area contributed by atoms with Crippen LogP contribution in [0.25, 0.3) is 0 Å². The molecule has 0 aromatic heterocycles. The summed E-state index contributed by atoms with van der Waals surface area (Å²) in [6, 6.07) is 10.8. The van der Waals surface area contributed by atoms with Crippen LogP contribution < -0.4 is 0 Å². The third-order valence-corrected chi connectivity index (χ3v) is 5.52. The fraction of sp³-hybridized carbons (Fsp3) is 0.190. The quantitative estimate of drug-likeness (QED) is 0.666. The van der Waals surface area contributed by atoms with Gasteiger partial charge >= 0.3 is 12.1 Å². The second kappa shape index (κ2) is 8.74. The molecule has 1 N–H and O–H groups in total. The van der Waals surface area contributed by atoms with Gasteiger partial charge in [0.25, 0.3) is 0 Å². The Morgan fingerprint density at radius 1 is 1.23 bits per heavy atom. The van der Waals surface area contributed by atoms with E-state index >= 15 is 0 Å². The van der Waals surface area contributed by atoms with Gasteiger partial charge in [-0.05, 0) is 42.3 Å². The lowest BCUT2D eigenvalue weighted by Crippen LogP contribution is -2.32. The number of alkyl halides is 3. The number of carbonyl (C=O) groups is 2. The second-order valence-corrected chi connectivity index (χ2v) is 7.66. The number of halogens is 3. The zero-order valence-electron chi connectivity index (χ0n) is 15.6. The zero-order valence-corrected chi connectivity index (χ0v) is 16.4. The molecule has 9 heteroatoms. The van der Waals surface area contributed by atoms with Gasteiger partial charge in [-0.15, -0.1) is 6.58 Å². The normalized spacial score (nSPS) is 18.1. The van der Waals surface area contributed by atoms with Gasteiger partial charge in [-0.3, -0.25) is 9.69 Å². The summed E-state index contributed by atoms with van der Waals surface area (Å²) >= 11 is 1.16. The number of carbonyl (C=O) groups excluding carboxylic acids is 1. The molecule has 156 valence electrons. The predicted molar refractivity (Wildman–Crippen MR) is 109 cm³/mol. The predicted octanol–water partition coefficient (Wildman–Crippen LogP) is 4.76. The largest absolute Gasteiger partial charge is 0.478 e. The number of nitrogens with zero attached hydrogens (tertiary/aromatic N) is 2. The minimum Gasteiger partial charge on any atom is -0.478 e. The van der Waals surface area contributed by atoms with Crippen molar-refractivity contribution in [1.29, 1.82) is 0 Å². The molecule has 0 bridgehead atoms. The number of amidine groups is 1.